The van der Waals surface area contributed by atoms with E-state index >= 15 is 0 Å². The van der Waals surface area contributed by atoms with Gasteiger partial charge in [-0.1, -0.05) is 19.1 Å². The van der Waals surface area contributed by atoms with Crippen LogP contribution in [-0.4, -0.2) is 42.3 Å². The van der Waals surface area contributed by atoms with Gasteiger partial charge < -0.3 is 30.9 Å². The van der Waals surface area contributed by atoms with Crippen molar-refractivity contribution in [3.63, 3.8) is 0 Å². The molecule has 0 aliphatic carbocycles. The number of carbonyl (C=O) groups is 1. The molecule has 0 saturated carbocycles. The number of pyridine rings is 1. The molecule has 4 rings (SSSR count). The summed E-state index contributed by atoms with van der Waals surface area (Å²) < 4.78 is 12.0. The van der Waals surface area contributed by atoms with Crippen molar-refractivity contribution in [2.24, 2.45) is 5.73 Å². The van der Waals surface area contributed by atoms with Crippen LogP contribution in [0.4, 0.5) is 11.4 Å². The number of ether oxygens (including phenoxy) is 2. The highest BCUT2D eigenvalue weighted by molar-refractivity contribution is 5.98. The van der Waals surface area contributed by atoms with Crippen molar-refractivity contribution < 1.29 is 19.4 Å². The molecule has 3 aromatic rings. The van der Waals surface area contributed by atoms with Gasteiger partial charge in [0.05, 0.1) is 31.3 Å². The number of hydrogen-bond donors (Lipinski definition) is 4. The molecule has 1 aliphatic rings. The van der Waals surface area contributed by atoms with E-state index in [9.17, 15) is 9.90 Å². The van der Waals surface area contributed by atoms with E-state index in [0.717, 1.165) is 65.8 Å². The lowest BCUT2D eigenvalue weighted by Crippen LogP contribution is -2.34. The molecule has 5 N–H and O–H groups in total. The standard InChI is InChI=1S/C26H32N4O4/c1-3-19-16(15-31)5-4-6-21(19)30-26-17(11-25(27)32)14-29-22-13-24(23(33-2)12-20(22)26)34-18-7-9-28-10-8-18/h4-6,12-14,18,28,31H,3,7-11,15H2,1-2H3,(H2,27,32)(H,29,30). The Hall–Kier alpha value is -3.36. The number of rotatable bonds is 9. The molecule has 8 heteroatoms. The molecular formula is C26H32N4O4. The second kappa shape index (κ2) is 10.7. The van der Waals surface area contributed by atoms with Crippen LogP contribution in [0.1, 0.15) is 36.5 Å². The fraction of sp³-hybridized carbons (Fsp3) is 0.385. The number of aliphatic hydroxyl groups excluding tert-OH is 1. The van der Waals surface area contributed by atoms with Crippen LogP contribution in [-0.2, 0) is 24.2 Å². The number of anilines is 2. The number of piperidine rings is 1. The zero-order valence-corrected chi connectivity index (χ0v) is 19.7. The minimum absolute atomic E-state index is 0.0437. The summed E-state index contributed by atoms with van der Waals surface area (Å²) in [4.78, 5) is 16.4. The van der Waals surface area contributed by atoms with Gasteiger partial charge in [0.25, 0.3) is 0 Å². The Balaban J connectivity index is 1.82. The Morgan fingerprint density at radius 1 is 1.24 bits per heavy atom. The molecule has 1 saturated heterocycles. The highest BCUT2D eigenvalue weighted by Crippen LogP contribution is 2.39. The predicted molar refractivity (Wildman–Crippen MR) is 133 cm³/mol. The first-order valence-corrected chi connectivity index (χ1v) is 11.7. The molecule has 0 bridgehead atoms. The highest BCUT2D eigenvalue weighted by atomic mass is 16.5. The summed E-state index contributed by atoms with van der Waals surface area (Å²) in [5.41, 5.74) is 10.4. The van der Waals surface area contributed by atoms with Crippen LogP contribution >= 0.6 is 0 Å². The Kier molecular flexibility index (Phi) is 7.49. The van der Waals surface area contributed by atoms with Gasteiger partial charge in [0.15, 0.2) is 11.5 Å². The lowest BCUT2D eigenvalue weighted by atomic mass is 10.0. The first-order valence-electron chi connectivity index (χ1n) is 11.7. The van der Waals surface area contributed by atoms with E-state index in [1.54, 1.807) is 13.3 Å². The van der Waals surface area contributed by atoms with Crippen molar-refractivity contribution in [1.29, 1.82) is 0 Å². The van der Waals surface area contributed by atoms with Gasteiger partial charge in [-0.15, -0.1) is 0 Å². The number of aliphatic hydroxyl groups is 1. The first-order chi connectivity index (χ1) is 16.5. The molecular weight excluding hydrogens is 432 g/mol. The number of amides is 1. The third-order valence-electron chi connectivity index (χ3n) is 6.23. The van der Waals surface area contributed by atoms with E-state index in [0.29, 0.717) is 17.1 Å². The fourth-order valence-corrected chi connectivity index (χ4v) is 4.51. The van der Waals surface area contributed by atoms with E-state index in [1.807, 2.05) is 37.3 Å². The third-order valence-corrected chi connectivity index (χ3v) is 6.23. The molecule has 1 aliphatic heterocycles. The van der Waals surface area contributed by atoms with Gasteiger partial charge in [0.1, 0.15) is 6.10 Å². The SMILES string of the molecule is CCc1c(CO)cccc1Nc1c(CC(N)=O)cnc2cc(OC3CCNCC3)c(OC)cc12. The number of carbonyl (C=O) groups excluding carboxylic acids is 1. The van der Waals surface area contributed by atoms with Crippen LogP contribution in [0.2, 0.25) is 0 Å². The number of fused-ring (bicyclic) bond motifs is 1. The summed E-state index contributed by atoms with van der Waals surface area (Å²) in [5.74, 6) is 0.813. The van der Waals surface area contributed by atoms with Gasteiger partial charge in [-0.05, 0) is 55.6 Å². The normalized spacial score (nSPS) is 14.2. The molecule has 34 heavy (non-hydrogen) atoms. The van der Waals surface area contributed by atoms with Crippen molar-refractivity contribution in [3.8, 4) is 11.5 Å². The molecule has 2 aromatic carbocycles. The first kappa shape index (κ1) is 23.8. The number of benzene rings is 2. The number of nitrogens with zero attached hydrogens (tertiary/aromatic N) is 1. The minimum atomic E-state index is -0.443. The molecule has 0 atom stereocenters. The lowest BCUT2D eigenvalue weighted by Gasteiger charge is -2.25. The quantitative estimate of drug-likeness (QED) is 0.384. The van der Waals surface area contributed by atoms with Crippen molar-refractivity contribution in [2.75, 3.05) is 25.5 Å². The molecule has 2 heterocycles. The summed E-state index contributed by atoms with van der Waals surface area (Å²) in [6, 6.07) is 9.56. The van der Waals surface area contributed by atoms with E-state index in [2.05, 4.69) is 15.6 Å². The monoisotopic (exact) mass is 464 g/mol. The maximum Gasteiger partial charge on any atom is 0.221 e. The smallest absolute Gasteiger partial charge is 0.221 e. The molecule has 8 nitrogen and oxygen atoms in total. The number of nitrogens with one attached hydrogen (secondary N) is 2. The zero-order valence-electron chi connectivity index (χ0n) is 19.7. The second-order valence-electron chi connectivity index (χ2n) is 8.47. The molecule has 1 amide bonds. The number of primary amides is 1. The Labute approximate surface area is 199 Å². The minimum Gasteiger partial charge on any atom is -0.493 e. The third kappa shape index (κ3) is 5.08. The Bertz CT molecular complexity index is 1180. The van der Waals surface area contributed by atoms with Crippen molar-refractivity contribution in [3.05, 3.63) is 53.2 Å². The summed E-state index contributed by atoms with van der Waals surface area (Å²) in [5, 5.41) is 17.4. The van der Waals surface area contributed by atoms with Gasteiger partial charge in [0, 0.05) is 28.9 Å². The van der Waals surface area contributed by atoms with E-state index in [4.69, 9.17) is 15.2 Å². The predicted octanol–water partition coefficient (Wildman–Crippen LogP) is 3.20. The highest BCUT2D eigenvalue weighted by Gasteiger charge is 2.20. The molecule has 180 valence electrons. The van der Waals surface area contributed by atoms with Crippen LogP contribution < -0.4 is 25.8 Å². The Morgan fingerprint density at radius 2 is 2.03 bits per heavy atom. The lowest BCUT2D eigenvalue weighted by molar-refractivity contribution is -0.117. The van der Waals surface area contributed by atoms with Crippen LogP contribution in [0.15, 0.2) is 36.5 Å². The molecule has 0 spiro atoms. The topological polar surface area (TPSA) is 119 Å². The summed E-state index contributed by atoms with van der Waals surface area (Å²) in [7, 11) is 1.62. The van der Waals surface area contributed by atoms with Gasteiger partial charge in [-0.2, -0.15) is 0 Å². The summed E-state index contributed by atoms with van der Waals surface area (Å²) >= 11 is 0. The van der Waals surface area contributed by atoms with Gasteiger partial charge in [-0.25, -0.2) is 0 Å². The number of nitrogens with two attached hydrogens (primary N) is 1. The largest absolute Gasteiger partial charge is 0.493 e. The van der Waals surface area contributed by atoms with Crippen LogP contribution in [0.3, 0.4) is 0 Å². The van der Waals surface area contributed by atoms with Gasteiger partial charge in [-0.3, -0.25) is 9.78 Å². The van der Waals surface area contributed by atoms with Crippen molar-refractivity contribution >= 4 is 28.2 Å². The van der Waals surface area contributed by atoms with Crippen LogP contribution in [0, 0.1) is 0 Å². The molecule has 0 unspecified atom stereocenters. The zero-order chi connectivity index (χ0) is 24.1. The van der Waals surface area contributed by atoms with Crippen LogP contribution in [0.25, 0.3) is 10.9 Å². The van der Waals surface area contributed by atoms with Gasteiger partial charge >= 0.3 is 0 Å². The number of aromatic nitrogens is 1. The van der Waals surface area contributed by atoms with Crippen molar-refractivity contribution in [2.45, 2.75) is 45.3 Å². The molecule has 0 radical (unpaired) electrons. The molecule has 1 aromatic heterocycles. The Morgan fingerprint density at radius 3 is 2.71 bits per heavy atom. The number of methoxy groups -OCH3 is 1. The average Bonchev–Trinajstić information content (AvgIpc) is 2.85. The van der Waals surface area contributed by atoms with Crippen molar-refractivity contribution in [1.82, 2.24) is 10.3 Å². The van der Waals surface area contributed by atoms with Crippen LogP contribution in [0.5, 0.6) is 11.5 Å². The second-order valence-corrected chi connectivity index (χ2v) is 8.47. The summed E-state index contributed by atoms with van der Waals surface area (Å²) in [6.45, 7) is 3.85. The average molecular weight is 465 g/mol. The van der Waals surface area contributed by atoms with E-state index in [-0.39, 0.29) is 19.1 Å². The summed E-state index contributed by atoms with van der Waals surface area (Å²) in [6.07, 6.45) is 4.44. The fourth-order valence-electron chi connectivity index (χ4n) is 4.51. The maximum absolute atomic E-state index is 11.8. The molecule has 1 fully saturated rings. The maximum atomic E-state index is 11.8. The number of hydrogen-bond acceptors (Lipinski definition) is 7. The van der Waals surface area contributed by atoms with E-state index in [1.165, 1.54) is 0 Å². The van der Waals surface area contributed by atoms with E-state index < -0.39 is 5.91 Å². The van der Waals surface area contributed by atoms with Gasteiger partial charge in [0.2, 0.25) is 5.91 Å².